The minimum Gasteiger partial charge on any atom is -0.381 e. The van der Waals surface area contributed by atoms with Gasteiger partial charge in [0.25, 0.3) is 0 Å². The molecule has 1 N–H and O–H groups in total. The second-order valence-corrected chi connectivity index (χ2v) is 8.74. The predicted octanol–water partition coefficient (Wildman–Crippen LogP) is 3.46. The number of carbonyl (C=O) groups is 1. The zero-order valence-electron chi connectivity index (χ0n) is 17.6. The fourth-order valence-electron chi connectivity index (χ4n) is 4.50. The predicted molar refractivity (Wildman–Crippen MR) is 121 cm³/mol. The number of piperazine rings is 1. The number of para-hydroxylation sites is 1. The van der Waals surface area contributed by atoms with Gasteiger partial charge in [0, 0.05) is 56.6 Å². The van der Waals surface area contributed by atoms with E-state index >= 15 is 0 Å². The second-order valence-electron chi connectivity index (χ2n) is 8.30. The molecule has 30 heavy (non-hydrogen) atoms. The van der Waals surface area contributed by atoms with Gasteiger partial charge in [-0.05, 0) is 49.2 Å². The molecule has 0 bridgehead atoms. The van der Waals surface area contributed by atoms with Crippen molar-refractivity contribution in [3.63, 3.8) is 0 Å². The van der Waals surface area contributed by atoms with Crippen molar-refractivity contribution in [2.45, 2.75) is 24.8 Å². The van der Waals surface area contributed by atoms with Crippen molar-refractivity contribution in [3.8, 4) is 0 Å². The van der Waals surface area contributed by atoms with Crippen molar-refractivity contribution in [2.24, 2.45) is 0 Å². The number of nitrogens with zero attached hydrogens (tertiary/aromatic N) is 2. The maximum Gasteiger partial charge on any atom is 0.231 e. The number of nitrogens with one attached hydrogen (secondary N) is 1. The molecule has 4 rings (SSSR count). The number of halogens is 1. The van der Waals surface area contributed by atoms with Crippen LogP contribution in [0.15, 0.2) is 48.5 Å². The summed E-state index contributed by atoms with van der Waals surface area (Å²) < 4.78 is 5.57. The van der Waals surface area contributed by atoms with Gasteiger partial charge in [-0.15, -0.1) is 0 Å². The second kappa shape index (κ2) is 9.38. The van der Waals surface area contributed by atoms with Crippen molar-refractivity contribution < 1.29 is 9.53 Å². The summed E-state index contributed by atoms with van der Waals surface area (Å²) in [5.41, 5.74) is 2.83. The van der Waals surface area contributed by atoms with E-state index in [2.05, 4.69) is 40.4 Å². The molecule has 2 heterocycles. The SMILES string of the molecule is CN1CCN(c2ccccc2CNC(=O)C2(c3ccc(Cl)cc3)CCOCC2)CC1. The fourth-order valence-corrected chi connectivity index (χ4v) is 4.62. The number of benzene rings is 2. The molecule has 2 aromatic carbocycles. The molecule has 1 amide bonds. The van der Waals surface area contributed by atoms with Crippen LogP contribution in [0.4, 0.5) is 5.69 Å². The van der Waals surface area contributed by atoms with E-state index < -0.39 is 5.41 Å². The van der Waals surface area contributed by atoms with Crippen LogP contribution in [0, 0.1) is 0 Å². The Labute approximate surface area is 184 Å². The molecule has 2 aliphatic rings. The average molecular weight is 428 g/mol. The largest absolute Gasteiger partial charge is 0.381 e. The number of ether oxygens (including phenoxy) is 1. The molecular weight excluding hydrogens is 398 g/mol. The third-order valence-electron chi connectivity index (χ3n) is 6.45. The molecule has 0 unspecified atom stereocenters. The van der Waals surface area contributed by atoms with Crippen LogP contribution in [0.5, 0.6) is 0 Å². The summed E-state index contributed by atoms with van der Waals surface area (Å²) in [4.78, 5) is 18.3. The Bertz CT molecular complexity index is 857. The van der Waals surface area contributed by atoms with Gasteiger partial charge >= 0.3 is 0 Å². The minimum absolute atomic E-state index is 0.0707. The van der Waals surface area contributed by atoms with Crippen molar-refractivity contribution in [1.82, 2.24) is 10.2 Å². The van der Waals surface area contributed by atoms with E-state index in [0.717, 1.165) is 37.3 Å². The minimum atomic E-state index is -0.564. The lowest BCUT2D eigenvalue weighted by Crippen LogP contribution is -2.48. The lowest BCUT2D eigenvalue weighted by molar-refractivity contribution is -0.130. The Morgan fingerprint density at radius 2 is 1.70 bits per heavy atom. The van der Waals surface area contributed by atoms with Gasteiger partial charge in [-0.3, -0.25) is 4.79 Å². The maximum absolute atomic E-state index is 13.5. The van der Waals surface area contributed by atoms with Crippen LogP contribution in [0.3, 0.4) is 0 Å². The van der Waals surface area contributed by atoms with Crippen LogP contribution >= 0.6 is 11.6 Å². The normalized spacial score (nSPS) is 19.5. The summed E-state index contributed by atoms with van der Waals surface area (Å²) in [5, 5.41) is 3.93. The molecule has 0 aliphatic carbocycles. The number of hydrogen-bond acceptors (Lipinski definition) is 4. The van der Waals surface area contributed by atoms with Crippen LogP contribution in [0.25, 0.3) is 0 Å². The van der Waals surface area contributed by atoms with Gasteiger partial charge in [0.2, 0.25) is 5.91 Å². The van der Waals surface area contributed by atoms with E-state index in [9.17, 15) is 4.79 Å². The Morgan fingerprint density at radius 3 is 2.40 bits per heavy atom. The standard InChI is InChI=1S/C24H30ClN3O2/c1-27-12-14-28(15-13-27)22-5-3-2-4-19(22)18-26-23(29)24(10-16-30-17-11-24)20-6-8-21(25)9-7-20/h2-9H,10-18H2,1H3,(H,26,29). The van der Waals surface area contributed by atoms with E-state index in [1.165, 1.54) is 5.69 Å². The topological polar surface area (TPSA) is 44.8 Å². The lowest BCUT2D eigenvalue weighted by atomic mass is 9.73. The highest BCUT2D eigenvalue weighted by atomic mass is 35.5. The van der Waals surface area contributed by atoms with Gasteiger partial charge < -0.3 is 19.9 Å². The highest BCUT2D eigenvalue weighted by molar-refractivity contribution is 6.30. The number of hydrogen-bond donors (Lipinski definition) is 1. The van der Waals surface area contributed by atoms with Crippen LogP contribution in [0.2, 0.25) is 5.02 Å². The van der Waals surface area contributed by atoms with E-state index in [4.69, 9.17) is 16.3 Å². The number of carbonyl (C=O) groups excluding carboxylic acids is 1. The Kier molecular flexibility index (Phi) is 6.61. The third-order valence-corrected chi connectivity index (χ3v) is 6.70. The summed E-state index contributed by atoms with van der Waals surface area (Å²) in [6.07, 6.45) is 1.36. The average Bonchev–Trinajstić information content (AvgIpc) is 2.79. The van der Waals surface area contributed by atoms with Crippen LogP contribution in [-0.2, 0) is 21.5 Å². The molecule has 0 atom stereocenters. The molecule has 6 heteroatoms. The third kappa shape index (κ3) is 4.48. The molecular formula is C24H30ClN3O2. The van der Waals surface area contributed by atoms with Gasteiger partial charge in [-0.2, -0.15) is 0 Å². The van der Waals surface area contributed by atoms with Crippen LogP contribution < -0.4 is 10.2 Å². The van der Waals surface area contributed by atoms with Crippen molar-refractivity contribution in [1.29, 1.82) is 0 Å². The number of amides is 1. The molecule has 0 spiro atoms. The lowest BCUT2D eigenvalue weighted by Gasteiger charge is -2.37. The highest BCUT2D eigenvalue weighted by Gasteiger charge is 2.41. The van der Waals surface area contributed by atoms with E-state index in [-0.39, 0.29) is 5.91 Å². The molecule has 2 fully saturated rings. The van der Waals surface area contributed by atoms with E-state index in [1.54, 1.807) is 0 Å². The summed E-state index contributed by atoms with van der Waals surface area (Å²) in [5.74, 6) is 0.0707. The zero-order valence-corrected chi connectivity index (χ0v) is 18.3. The molecule has 5 nitrogen and oxygen atoms in total. The first-order valence-electron chi connectivity index (χ1n) is 10.7. The van der Waals surface area contributed by atoms with Crippen LogP contribution in [-0.4, -0.2) is 57.2 Å². The van der Waals surface area contributed by atoms with E-state index in [1.807, 2.05) is 30.3 Å². The molecule has 0 aromatic heterocycles. The van der Waals surface area contributed by atoms with Gasteiger partial charge in [0.05, 0.1) is 5.41 Å². The first kappa shape index (κ1) is 21.2. The highest BCUT2D eigenvalue weighted by Crippen LogP contribution is 2.36. The summed E-state index contributed by atoms with van der Waals surface area (Å²) in [6, 6.07) is 16.1. The fraction of sp³-hybridized carbons (Fsp3) is 0.458. The first-order valence-corrected chi connectivity index (χ1v) is 11.1. The zero-order chi connectivity index (χ0) is 21.0. The monoisotopic (exact) mass is 427 g/mol. The summed E-state index contributed by atoms with van der Waals surface area (Å²) in [6.45, 7) is 5.83. The Hall–Kier alpha value is -2.08. The number of likely N-dealkylation sites (N-methyl/N-ethyl adjacent to an activating group) is 1. The van der Waals surface area contributed by atoms with Crippen molar-refractivity contribution >= 4 is 23.2 Å². The molecule has 0 radical (unpaired) electrons. The van der Waals surface area contributed by atoms with Crippen LogP contribution in [0.1, 0.15) is 24.0 Å². The van der Waals surface area contributed by atoms with E-state index in [0.29, 0.717) is 37.6 Å². The van der Waals surface area contributed by atoms with Gasteiger partial charge in [-0.25, -0.2) is 0 Å². The van der Waals surface area contributed by atoms with Gasteiger partial charge in [0.1, 0.15) is 0 Å². The quantitative estimate of drug-likeness (QED) is 0.793. The first-order chi connectivity index (χ1) is 14.6. The Morgan fingerprint density at radius 1 is 1.03 bits per heavy atom. The van der Waals surface area contributed by atoms with Crippen molar-refractivity contribution in [3.05, 3.63) is 64.7 Å². The molecule has 2 saturated heterocycles. The summed E-state index contributed by atoms with van der Waals surface area (Å²) >= 11 is 6.08. The molecule has 2 aromatic rings. The number of rotatable bonds is 5. The smallest absolute Gasteiger partial charge is 0.231 e. The van der Waals surface area contributed by atoms with Gasteiger partial charge in [0.15, 0.2) is 0 Å². The molecule has 2 aliphatic heterocycles. The summed E-state index contributed by atoms with van der Waals surface area (Å²) in [7, 11) is 2.16. The molecule has 0 saturated carbocycles. The molecule has 160 valence electrons. The maximum atomic E-state index is 13.5. The van der Waals surface area contributed by atoms with Crippen molar-refractivity contribution in [2.75, 3.05) is 51.3 Å². The number of anilines is 1. The Balaban J connectivity index is 1.51. The van der Waals surface area contributed by atoms with Gasteiger partial charge in [-0.1, -0.05) is 41.9 Å².